The van der Waals surface area contributed by atoms with Gasteiger partial charge in [0.05, 0.1) is 6.26 Å². The first-order chi connectivity index (χ1) is 6.61. The molecule has 0 aromatic carbocycles. The van der Waals surface area contributed by atoms with E-state index in [1.165, 1.54) is 12.2 Å². The summed E-state index contributed by atoms with van der Waals surface area (Å²) in [7, 11) is 0. The minimum absolute atomic E-state index is 0.369. The Hall–Kier alpha value is -0.110. The van der Waals surface area contributed by atoms with Gasteiger partial charge in [-0.3, -0.25) is 0 Å². The Morgan fingerprint density at radius 2 is 2.00 bits per heavy atom. The van der Waals surface area contributed by atoms with E-state index in [0.717, 1.165) is 5.92 Å². The van der Waals surface area contributed by atoms with Crippen LogP contribution >= 0.6 is 11.8 Å². The van der Waals surface area contributed by atoms with Crippen LogP contribution < -0.4 is 0 Å². The lowest BCUT2D eigenvalue weighted by atomic mass is 9.98. The molecule has 0 fully saturated rings. The summed E-state index contributed by atoms with van der Waals surface area (Å²) >= 11 is 1.96. The maximum atomic E-state index is 5.59. The fourth-order valence-corrected chi connectivity index (χ4v) is 3.11. The Bertz CT molecular complexity index is 187. The normalized spacial score (nSPS) is 26.1. The standard InChI is InChI=1S/C12H22OS/c1-9(2)6-8-14-12-11(10(3)4)5-7-13-12/h5,7,9-12H,6,8H2,1-4H3. The van der Waals surface area contributed by atoms with Gasteiger partial charge in [0.1, 0.15) is 5.44 Å². The molecule has 0 aliphatic carbocycles. The molecule has 1 aliphatic heterocycles. The summed E-state index contributed by atoms with van der Waals surface area (Å²) in [6.07, 6.45) is 5.37. The van der Waals surface area contributed by atoms with Gasteiger partial charge >= 0.3 is 0 Å². The molecule has 0 bridgehead atoms. The number of hydrogen-bond donors (Lipinski definition) is 0. The highest BCUT2D eigenvalue weighted by Crippen LogP contribution is 2.33. The molecule has 0 saturated carbocycles. The molecule has 0 radical (unpaired) electrons. The van der Waals surface area contributed by atoms with E-state index in [2.05, 4.69) is 33.8 Å². The van der Waals surface area contributed by atoms with Gasteiger partial charge in [-0.05, 0) is 30.1 Å². The molecule has 14 heavy (non-hydrogen) atoms. The molecule has 82 valence electrons. The second-order valence-corrected chi connectivity index (χ2v) is 5.91. The minimum Gasteiger partial charge on any atom is -0.487 e. The molecule has 1 aliphatic rings. The van der Waals surface area contributed by atoms with E-state index in [1.807, 2.05) is 18.0 Å². The largest absolute Gasteiger partial charge is 0.487 e. The van der Waals surface area contributed by atoms with Crippen molar-refractivity contribution in [2.75, 3.05) is 5.75 Å². The van der Waals surface area contributed by atoms with E-state index in [4.69, 9.17) is 4.74 Å². The first-order valence-corrected chi connectivity index (χ1v) is 6.60. The van der Waals surface area contributed by atoms with Crippen molar-refractivity contribution in [3.63, 3.8) is 0 Å². The van der Waals surface area contributed by atoms with Crippen LogP contribution in [0.3, 0.4) is 0 Å². The molecule has 0 amide bonds. The molecule has 0 N–H and O–H groups in total. The van der Waals surface area contributed by atoms with Gasteiger partial charge in [0.2, 0.25) is 0 Å². The monoisotopic (exact) mass is 214 g/mol. The van der Waals surface area contributed by atoms with E-state index in [9.17, 15) is 0 Å². The lowest BCUT2D eigenvalue weighted by molar-refractivity contribution is 0.194. The van der Waals surface area contributed by atoms with Crippen LogP contribution in [0.15, 0.2) is 12.3 Å². The summed E-state index contributed by atoms with van der Waals surface area (Å²) in [5.41, 5.74) is 0.369. The third-order valence-corrected chi connectivity index (χ3v) is 3.80. The average molecular weight is 214 g/mol. The van der Waals surface area contributed by atoms with E-state index in [0.29, 0.717) is 17.3 Å². The van der Waals surface area contributed by atoms with E-state index in [-0.39, 0.29) is 0 Å². The van der Waals surface area contributed by atoms with Crippen molar-refractivity contribution in [2.45, 2.75) is 39.6 Å². The molecular weight excluding hydrogens is 192 g/mol. The van der Waals surface area contributed by atoms with Crippen LogP contribution in [0.25, 0.3) is 0 Å². The maximum Gasteiger partial charge on any atom is 0.150 e. The predicted molar refractivity (Wildman–Crippen MR) is 64.3 cm³/mol. The Morgan fingerprint density at radius 3 is 2.57 bits per heavy atom. The summed E-state index contributed by atoms with van der Waals surface area (Å²) < 4.78 is 5.59. The highest BCUT2D eigenvalue weighted by molar-refractivity contribution is 7.99. The fraction of sp³-hybridized carbons (Fsp3) is 0.833. The molecule has 2 atom stereocenters. The van der Waals surface area contributed by atoms with Gasteiger partial charge in [-0.15, -0.1) is 11.8 Å². The van der Waals surface area contributed by atoms with Crippen molar-refractivity contribution >= 4 is 11.8 Å². The van der Waals surface area contributed by atoms with Gasteiger partial charge in [-0.1, -0.05) is 27.7 Å². The van der Waals surface area contributed by atoms with Gasteiger partial charge in [-0.2, -0.15) is 0 Å². The summed E-state index contributed by atoms with van der Waals surface area (Å²) in [5, 5.41) is 0. The van der Waals surface area contributed by atoms with E-state index >= 15 is 0 Å². The highest BCUT2D eigenvalue weighted by atomic mass is 32.2. The first kappa shape index (κ1) is 12.0. The van der Waals surface area contributed by atoms with Crippen molar-refractivity contribution in [1.82, 2.24) is 0 Å². The van der Waals surface area contributed by atoms with Gasteiger partial charge in [0.15, 0.2) is 0 Å². The van der Waals surface area contributed by atoms with Crippen LogP contribution in [0.5, 0.6) is 0 Å². The minimum atomic E-state index is 0.369. The molecule has 1 rings (SSSR count). The Morgan fingerprint density at radius 1 is 1.29 bits per heavy atom. The third kappa shape index (κ3) is 3.56. The van der Waals surface area contributed by atoms with Gasteiger partial charge in [-0.25, -0.2) is 0 Å². The van der Waals surface area contributed by atoms with E-state index in [1.54, 1.807) is 0 Å². The number of hydrogen-bond acceptors (Lipinski definition) is 2. The van der Waals surface area contributed by atoms with Gasteiger partial charge < -0.3 is 4.74 Å². The summed E-state index contributed by atoms with van der Waals surface area (Å²) in [6.45, 7) is 9.07. The zero-order valence-corrected chi connectivity index (χ0v) is 10.5. The molecule has 0 aromatic heterocycles. The Balaban J connectivity index is 2.24. The van der Waals surface area contributed by atoms with Gasteiger partial charge in [0.25, 0.3) is 0 Å². The van der Waals surface area contributed by atoms with Crippen LogP contribution in [-0.2, 0) is 4.74 Å². The van der Waals surface area contributed by atoms with Crippen LogP contribution in [0.2, 0.25) is 0 Å². The molecule has 0 aromatic rings. The predicted octanol–water partition coefficient (Wildman–Crippen LogP) is 3.91. The van der Waals surface area contributed by atoms with Gasteiger partial charge in [0, 0.05) is 5.92 Å². The number of rotatable bonds is 5. The SMILES string of the molecule is CC(C)CCSC1OC=CC1C(C)C. The van der Waals surface area contributed by atoms with Crippen molar-refractivity contribution in [1.29, 1.82) is 0 Å². The number of thioether (sulfide) groups is 1. The molecule has 1 nitrogen and oxygen atoms in total. The summed E-state index contributed by atoms with van der Waals surface area (Å²) in [6, 6.07) is 0. The first-order valence-electron chi connectivity index (χ1n) is 5.55. The Labute approximate surface area is 92.3 Å². The van der Waals surface area contributed by atoms with Crippen LogP contribution in [0, 0.1) is 17.8 Å². The van der Waals surface area contributed by atoms with Crippen LogP contribution in [0.4, 0.5) is 0 Å². The van der Waals surface area contributed by atoms with Crippen LogP contribution in [-0.4, -0.2) is 11.2 Å². The zero-order valence-electron chi connectivity index (χ0n) is 9.69. The molecule has 2 heteroatoms. The molecule has 2 unspecified atom stereocenters. The second kappa shape index (κ2) is 5.69. The lowest BCUT2D eigenvalue weighted by Gasteiger charge is -2.21. The van der Waals surface area contributed by atoms with Crippen molar-refractivity contribution < 1.29 is 4.74 Å². The third-order valence-electron chi connectivity index (χ3n) is 2.57. The molecule has 1 heterocycles. The zero-order chi connectivity index (χ0) is 10.6. The smallest absolute Gasteiger partial charge is 0.150 e. The molecular formula is C12H22OS. The van der Waals surface area contributed by atoms with Crippen LogP contribution in [0.1, 0.15) is 34.1 Å². The fourth-order valence-electron chi connectivity index (χ4n) is 1.50. The second-order valence-electron chi connectivity index (χ2n) is 4.71. The van der Waals surface area contributed by atoms with E-state index < -0.39 is 0 Å². The van der Waals surface area contributed by atoms with Crippen molar-refractivity contribution in [3.05, 3.63) is 12.3 Å². The summed E-state index contributed by atoms with van der Waals surface area (Å²) in [4.78, 5) is 0. The molecule has 0 saturated heterocycles. The number of ether oxygens (including phenoxy) is 1. The Kier molecular flexibility index (Phi) is 4.86. The lowest BCUT2D eigenvalue weighted by Crippen LogP contribution is -2.18. The average Bonchev–Trinajstić information content (AvgIpc) is 2.51. The van der Waals surface area contributed by atoms with Crippen molar-refractivity contribution in [2.24, 2.45) is 17.8 Å². The quantitative estimate of drug-likeness (QED) is 0.686. The highest BCUT2D eigenvalue weighted by Gasteiger charge is 2.27. The maximum absolute atomic E-state index is 5.59. The van der Waals surface area contributed by atoms with Crippen molar-refractivity contribution in [3.8, 4) is 0 Å². The summed E-state index contributed by atoms with van der Waals surface area (Å²) in [5.74, 6) is 3.31. The topological polar surface area (TPSA) is 9.23 Å². The molecule has 0 spiro atoms.